The normalized spacial score (nSPS) is 12.4. The molecule has 0 aliphatic rings. The zero-order valence-corrected chi connectivity index (χ0v) is 14.0. The minimum Gasteiger partial charge on any atom is -0.493 e. The number of alkyl halides is 3. The first-order valence-corrected chi connectivity index (χ1v) is 7.84. The summed E-state index contributed by atoms with van der Waals surface area (Å²) in [5.41, 5.74) is 0.976. The molecule has 0 aliphatic heterocycles. The standard InChI is InChI=1S/C20H17F3O3/c1-2-26-18-8-4-3-6-17(18)16(7-5-9-19(24)25)14-10-12-15(13-11-14)20(21,22)23/h3-13H,2H2,1H3,(H,24,25)/b9-5+,16-7+. The van der Waals surface area contributed by atoms with Crippen molar-refractivity contribution in [3.05, 3.63) is 83.4 Å². The van der Waals surface area contributed by atoms with Gasteiger partial charge in [0.2, 0.25) is 0 Å². The molecule has 0 saturated heterocycles. The van der Waals surface area contributed by atoms with Gasteiger partial charge in [0.25, 0.3) is 0 Å². The highest BCUT2D eigenvalue weighted by Gasteiger charge is 2.30. The lowest BCUT2D eigenvalue weighted by Crippen LogP contribution is -2.04. The van der Waals surface area contributed by atoms with Gasteiger partial charge in [-0.05, 0) is 36.3 Å². The summed E-state index contributed by atoms with van der Waals surface area (Å²) < 4.78 is 43.9. The largest absolute Gasteiger partial charge is 0.493 e. The molecule has 2 aromatic carbocycles. The van der Waals surface area contributed by atoms with Crippen molar-refractivity contribution in [2.75, 3.05) is 6.61 Å². The fourth-order valence-electron chi connectivity index (χ4n) is 2.38. The maximum atomic E-state index is 12.8. The Bertz CT molecular complexity index is 819. The predicted octanol–water partition coefficient (Wildman–Crippen LogP) is 5.18. The highest BCUT2D eigenvalue weighted by molar-refractivity contribution is 5.85. The van der Waals surface area contributed by atoms with Gasteiger partial charge in [0.15, 0.2) is 0 Å². The summed E-state index contributed by atoms with van der Waals surface area (Å²) in [4.78, 5) is 10.7. The second kappa shape index (κ2) is 8.38. The second-order valence-electron chi connectivity index (χ2n) is 5.28. The Kier molecular flexibility index (Phi) is 6.22. The van der Waals surface area contributed by atoms with Gasteiger partial charge in [0, 0.05) is 11.6 Å². The lowest BCUT2D eigenvalue weighted by molar-refractivity contribution is -0.137. The summed E-state index contributed by atoms with van der Waals surface area (Å²) in [6.07, 6.45) is -0.602. The molecule has 2 aromatic rings. The molecule has 0 aliphatic carbocycles. The number of rotatable bonds is 6. The zero-order chi connectivity index (χ0) is 19.2. The molecule has 0 heterocycles. The van der Waals surface area contributed by atoms with E-state index in [4.69, 9.17) is 9.84 Å². The molecule has 0 saturated carbocycles. The Morgan fingerprint density at radius 1 is 1.12 bits per heavy atom. The van der Waals surface area contributed by atoms with E-state index < -0.39 is 17.7 Å². The minimum absolute atomic E-state index is 0.419. The highest BCUT2D eigenvalue weighted by atomic mass is 19.4. The van der Waals surface area contributed by atoms with Gasteiger partial charge < -0.3 is 9.84 Å². The fourth-order valence-corrected chi connectivity index (χ4v) is 2.38. The van der Waals surface area contributed by atoms with Crippen molar-refractivity contribution in [3.63, 3.8) is 0 Å². The van der Waals surface area contributed by atoms with Crippen LogP contribution in [0.15, 0.2) is 66.8 Å². The molecule has 0 amide bonds. The number of carboxylic acid groups (broad SMARTS) is 1. The first-order valence-electron chi connectivity index (χ1n) is 7.84. The molecule has 136 valence electrons. The molecule has 0 atom stereocenters. The average molecular weight is 362 g/mol. The topological polar surface area (TPSA) is 46.5 Å². The Morgan fingerprint density at radius 3 is 2.35 bits per heavy atom. The average Bonchev–Trinajstić information content (AvgIpc) is 2.59. The molecule has 0 unspecified atom stereocenters. The summed E-state index contributed by atoms with van der Waals surface area (Å²) in [5.74, 6) is -0.559. The maximum Gasteiger partial charge on any atom is 0.416 e. The Labute approximate surface area is 149 Å². The fraction of sp³-hybridized carbons (Fsp3) is 0.150. The van der Waals surface area contributed by atoms with Gasteiger partial charge in [-0.1, -0.05) is 42.5 Å². The first kappa shape index (κ1) is 19.3. The van der Waals surface area contributed by atoms with Crippen molar-refractivity contribution >= 4 is 11.5 Å². The summed E-state index contributed by atoms with van der Waals surface area (Å²) in [6, 6.07) is 11.8. The van der Waals surface area contributed by atoms with Crippen LogP contribution in [0.3, 0.4) is 0 Å². The molecule has 3 nitrogen and oxygen atoms in total. The number of carboxylic acids is 1. The van der Waals surface area contributed by atoms with E-state index in [0.29, 0.717) is 29.1 Å². The molecular weight excluding hydrogens is 345 g/mol. The number of benzene rings is 2. The third kappa shape index (κ3) is 4.99. The maximum absolute atomic E-state index is 12.8. The predicted molar refractivity (Wildman–Crippen MR) is 92.9 cm³/mol. The number of carbonyl (C=O) groups is 1. The molecule has 0 radical (unpaired) electrons. The van der Waals surface area contributed by atoms with Gasteiger partial charge in [-0.2, -0.15) is 13.2 Å². The lowest BCUT2D eigenvalue weighted by Gasteiger charge is -2.14. The monoisotopic (exact) mass is 362 g/mol. The molecule has 0 spiro atoms. The van der Waals surface area contributed by atoms with Gasteiger partial charge in [0.1, 0.15) is 5.75 Å². The van der Waals surface area contributed by atoms with E-state index >= 15 is 0 Å². The molecular formula is C20H17F3O3. The summed E-state index contributed by atoms with van der Waals surface area (Å²) >= 11 is 0. The van der Waals surface area contributed by atoms with Crippen LogP contribution >= 0.6 is 0 Å². The SMILES string of the molecule is CCOc1ccccc1/C(=C/C=C/C(=O)O)c1ccc(C(F)(F)F)cc1. The highest BCUT2D eigenvalue weighted by Crippen LogP contribution is 2.34. The molecule has 26 heavy (non-hydrogen) atoms. The van der Waals surface area contributed by atoms with Crippen LogP contribution in [0.2, 0.25) is 0 Å². The van der Waals surface area contributed by atoms with Crippen molar-refractivity contribution in [1.82, 2.24) is 0 Å². The number of allylic oxidation sites excluding steroid dienone is 2. The van der Waals surface area contributed by atoms with Gasteiger partial charge in [-0.25, -0.2) is 4.79 Å². The van der Waals surface area contributed by atoms with Gasteiger partial charge in [0.05, 0.1) is 12.2 Å². The molecule has 0 aromatic heterocycles. The number of hydrogen-bond acceptors (Lipinski definition) is 2. The van der Waals surface area contributed by atoms with Crippen LogP contribution < -0.4 is 4.74 Å². The van der Waals surface area contributed by atoms with Crippen LogP contribution in [0.1, 0.15) is 23.6 Å². The summed E-state index contributed by atoms with van der Waals surface area (Å²) in [5, 5.41) is 8.77. The van der Waals surface area contributed by atoms with E-state index in [1.807, 2.05) is 6.92 Å². The number of para-hydroxylation sites is 1. The number of ether oxygens (including phenoxy) is 1. The van der Waals surface area contributed by atoms with Crippen molar-refractivity contribution in [1.29, 1.82) is 0 Å². The summed E-state index contributed by atoms with van der Waals surface area (Å²) in [7, 11) is 0. The van der Waals surface area contributed by atoms with E-state index in [-0.39, 0.29) is 0 Å². The van der Waals surface area contributed by atoms with Crippen molar-refractivity contribution in [3.8, 4) is 5.75 Å². The van der Waals surface area contributed by atoms with Crippen LogP contribution in [-0.2, 0) is 11.0 Å². The van der Waals surface area contributed by atoms with Crippen LogP contribution in [0.4, 0.5) is 13.2 Å². The Hall–Kier alpha value is -3.02. The molecule has 6 heteroatoms. The van der Waals surface area contributed by atoms with Crippen LogP contribution in [0, 0.1) is 0 Å². The number of hydrogen-bond donors (Lipinski definition) is 1. The van der Waals surface area contributed by atoms with Crippen molar-refractivity contribution in [2.24, 2.45) is 0 Å². The van der Waals surface area contributed by atoms with Gasteiger partial charge >= 0.3 is 12.1 Å². The van der Waals surface area contributed by atoms with E-state index in [0.717, 1.165) is 18.2 Å². The molecule has 2 rings (SSSR count). The lowest BCUT2D eigenvalue weighted by atomic mass is 9.95. The second-order valence-corrected chi connectivity index (χ2v) is 5.28. The van der Waals surface area contributed by atoms with E-state index in [1.165, 1.54) is 24.3 Å². The van der Waals surface area contributed by atoms with E-state index in [2.05, 4.69) is 0 Å². The smallest absolute Gasteiger partial charge is 0.416 e. The third-order valence-electron chi connectivity index (χ3n) is 3.50. The Balaban J connectivity index is 2.54. The minimum atomic E-state index is -4.42. The number of halogens is 3. The van der Waals surface area contributed by atoms with Crippen molar-refractivity contribution < 1.29 is 27.8 Å². The quantitative estimate of drug-likeness (QED) is 0.569. The van der Waals surface area contributed by atoms with Crippen LogP contribution in [0.5, 0.6) is 5.75 Å². The van der Waals surface area contributed by atoms with Gasteiger partial charge in [-0.15, -0.1) is 0 Å². The third-order valence-corrected chi connectivity index (χ3v) is 3.50. The van der Waals surface area contributed by atoms with E-state index in [1.54, 1.807) is 24.3 Å². The number of aliphatic carboxylic acids is 1. The summed E-state index contributed by atoms with van der Waals surface area (Å²) in [6.45, 7) is 2.24. The zero-order valence-electron chi connectivity index (χ0n) is 14.0. The molecule has 1 N–H and O–H groups in total. The van der Waals surface area contributed by atoms with Gasteiger partial charge in [-0.3, -0.25) is 0 Å². The first-order chi connectivity index (χ1) is 12.3. The molecule has 0 fully saturated rings. The van der Waals surface area contributed by atoms with Crippen molar-refractivity contribution in [2.45, 2.75) is 13.1 Å². The molecule has 0 bridgehead atoms. The van der Waals surface area contributed by atoms with Crippen LogP contribution in [0.25, 0.3) is 5.57 Å². The van der Waals surface area contributed by atoms with Crippen LogP contribution in [-0.4, -0.2) is 17.7 Å². The van der Waals surface area contributed by atoms with E-state index in [9.17, 15) is 18.0 Å². The Morgan fingerprint density at radius 2 is 1.77 bits per heavy atom.